The van der Waals surface area contributed by atoms with Crippen LogP contribution in [-0.4, -0.2) is 16.1 Å². The number of amides is 2. The summed E-state index contributed by atoms with van der Waals surface area (Å²) in [6.45, 7) is 1.71. The third kappa shape index (κ3) is 3.85. The van der Waals surface area contributed by atoms with Gasteiger partial charge in [-0.2, -0.15) is 13.2 Å². The van der Waals surface area contributed by atoms with Gasteiger partial charge in [0.25, 0.3) is 0 Å². The lowest BCUT2D eigenvalue weighted by atomic mass is 10.2. The summed E-state index contributed by atoms with van der Waals surface area (Å²) in [6, 6.07) is 3.63. The molecular formula is C12H10F3N3O2S. The molecular weight excluding hydrogens is 307 g/mol. The van der Waals surface area contributed by atoms with E-state index in [0.29, 0.717) is 22.6 Å². The number of aryl methyl sites for hydroxylation is 1. The molecule has 0 aliphatic rings. The minimum Gasteiger partial charge on any atom is -0.508 e. The minimum absolute atomic E-state index is 0.0375. The van der Waals surface area contributed by atoms with Crippen LogP contribution in [0, 0.1) is 6.92 Å². The number of phenols is 1. The Morgan fingerprint density at radius 2 is 2.05 bits per heavy atom. The van der Waals surface area contributed by atoms with Gasteiger partial charge in [-0.25, -0.2) is 9.78 Å². The molecule has 2 amide bonds. The van der Waals surface area contributed by atoms with Crippen LogP contribution in [0.5, 0.6) is 5.75 Å². The van der Waals surface area contributed by atoms with E-state index in [1.807, 2.05) is 0 Å². The summed E-state index contributed by atoms with van der Waals surface area (Å²) in [7, 11) is 0. The highest BCUT2D eigenvalue weighted by atomic mass is 32.1. The summed E-state index contributed by atoms with van der Waals surface area (Å²) < 4.78 is 37.1. The number of carbonyl (C=O) groups is 1. The summed E-state index contributed by atoms with van der Waals surface area (Å²) in [5, 5.41) is 14.6. The van der Waals surface area contributed by atoms with E-state index in [4.69, 9.17) is 0 Å². The van der Waals surface area contributed by atoms with Crippen LogP contribution in [0.4, 0.5) is 28.8 Å². The monoisotopic (exact) mass is 317 g/mol. The third-order valence-electron chi connectivity index (χ3n) is 2.48. The lowest BCUT2D eigenvalue weighted by Gasteiger charge is -2.08. The molecule has 0 atom stereocenters. The van der Waals surface area contributed by atoms with Crippen LogP contribution >= 0.6 is 11.3 Å². The van der Waals surface area contributed by atoms with Gasteiger partial charge >= 0.3 is 12.2 Å². The zero-order valence-electron chi connectivity index (χ0n) is 10.7. The second kappa shape index (κ2) is 5.60. The average molecular weight is 317 g/mol. The number of nitrogens with one attached hydrogen (secondary N) is 2. The molecule has 0 fully saturated rings. The van der Waals surface area contributed by atoms with Crippen molar-refractivity contribution in [1.82, 2.24) is 4.98 Å². The molecule has 0 radical (unpaired) electrons. The van der Waals surface area contributed by atoms with E-state index in [0.717, 1.165) is 5.38 Å². The SMILES string of the molecule is Cc1ccc(O)cc1NC(=O)Nc1nc(C(F)(F)F)cs1. The normalized spacial score (nSPS) is 11.2. The maximum Gasteiger partial charge on any atom is 0.434 e. The number of alkyl halides is 3. The minimum atomic E-state index is -4.55. The van der Waals surface area contributed by atoms with Crippen LogP contribution in [0.15, 0.2) is 23.6 Å². The Morgan fingerprint density at radius 1 is 1.33 bits per heavy atom. The molecule has 0 unspecified atom stereocenters. The quantitative estimate of drug-likeness (QED) is 0.788. The Labute approximate surface area is 121 Å². The second-order valence-electron chi connectivity index (χ2n) is 4.11. The first kappa shape index (κ1) is 15.1. The van der Waals surface area contributed by atoms with Crippen molar-refractivity contribution in [3.63, 3.8) is 0 Å². The van der Waals surface area contributed by atoms with Gasteiger partial charge < -0.3 is 10.4 Å². The molecule has 0 saturated carbocycles. The maximum atomic E-state index is 12.4. The molecule has 3 N–H and O–H groups in total. The number of aromatic hydroxyl groups is 1. The largest absolute Gasteiger partial charge is 0.508 e. The van der Waals surface area contributed by atoms with Gasteiger partial charge in [0.05, 0.1) is 0 Å². The first-order valence-corrected chi connectivity index (χ1v) is 6.54. The Balaban J connectivity index is 2.05. The van der Waals surface area contributed by atoms with Crippen LogP contribution in [0.3, 0.4) is 0 Å². The molecule has 0 aliphatic heterocycles. The van der Waals surface area contributed by atoms with E-state index in [1.165, 1.54) is 12.1 Å². The number of nitrogens with zero attached hydrogens (tertiary/aromatic N) is 1. The topological polar surface area (TPSA) is 74.2 Å². The number of hydrogen-bond acceptors (Lipinski definition) is 4. The fourth-order valence-electron chi connectivity index (χ4n) is 1.46. The van der Waals surface area contributed by atoms with Crippen molar-refractivity contribution >= 4 is 28.2 Å². The van der Waals surface area contributed by atoms with Crippen molar-refractivity contribution < 1.29 is 23.1 Å². The smallest absolute Gasteiger partial charge is 0.434 e. The summed E-state index contributed by atoms with van der Waals surface area (Å²) in [6.07, 6.45) is -4.55. The maximum absolute atomic E-state index is 12.4. The Hall–Kier alpha value is -2.29. The molecule has 1 aromatic carbocycles. The number of halogens is 3. The summed E-state index contributed by atoms with van der Waals surface area (Å²) in [5.41, 5.74) is -0.0190. The number of aromatic nitrogens is 1. The first-order valence-electron chi connectivity index (χ1n) is 5.66. The van der Waals surface area contributed by atoms with E-state index < -0.39 is 17.9 Å². The third-order valence-corrected chi connectivity index (χ3v) is 3.24. The van der Waals surface area contributed by atoms with Gasteiger partial charge in [-0.3, -0.25) is 5.32 Å². The number of thiazole rings is 1. The number of anilines is 2. The van der Waals surface area contributed by atoms with E-state index in [-0.39, 0.29) is 10.9 Å². The molecule has 112 valence electrons. The predicted octanol–water partition coefficient (Wildman–Crippen LogP) is 3.82. The molecule has 2 rings (SSSR count). The fraction of sp³-hybridized carbons (Fsp3) is 0.167. The standard InChI is InChI=1S/C12H10F3N3O2S/c1-6-2-3-7(19)4-8(6)16-10(20)18-11-17-9(5-21-11)12(13,14)15/h2-5,19H,1H3,(H2,16,17,18,20). The first-order chi connectivity index (χ1) is 9.75. The molecule has 2 aromatic rings. The highest BCUT2D eigenvalue weighted by Crippen LogP contribution is 2.31. The van der Waals surface area contributed by atoms with Gasteiger partial charge in [-0.15, -0.1) is 11.3 Å². The van der Waals surface area contributed by atoms with Gasteiger partial charge in [-0.1, -0.05) is 6.07 Å². The van der Waals surface area contributed by atoms with Crippen LogP contribution in [0.25, 0.3) is 0 Å². The van der Waals surface area contributed by atoms with Crippen molar-refractivity contribution in [2.24, 2.45) is 0 Å². The summed E-state index contributed by atoms with van der Waals surface area (Å²) in [4.78, 5) is 15.0. The van der Waals surface area contributed by atoms with E-state index >= 15 is 0 Å². The zero-order chi connectivity index (χ0) is 15.6. The second-order valence-corrected chi connectivity index (χ2v) is 4.97. The highest BCUT2D eigenvalue weighted by Gasteiger charge is 2.33. The molecule has 0 saturated heterocycles. The molecule has 1 heterocycles. The van der Waals surface area contributed by atoms with Gasteiger partial charge in [0.15, 0.2) is 10.8 Å². The Kier molecular flexibility index (Phi) is 4.03. The predicted molar refractivity (Wildman–Crippen MR) is 72.6 cm³/mol. The lowest BCUT2D eigenvalue weighted by molar-refractivity contribution is -0.140. The fourth-order valence-corrected chi connectivity index (χ4v) is 2.17. The van der Waals surface area contributed by atoms with Gasteiger partial charge in [0, 0.05) is 17.1 Å². The van der Waals surface area contributed by atoms with Crippen molar-refractivity contribution in [1.29, 1.82) is 0 Å². The van der Waals surface area contributed by atoms with Gasteiger partial charge in [-0.05, 0) is 18.6 Å². The molecule has 0 bridgehead atoms. The molecule has 9 heteroatoms. The summed E-state index contributed by atoms with van der Waals surface area (Å²) >= 11 is 0.670. The van der Waals surface area contributed by atoms with Gasteiger partial charge in [0.1, 0.15) is 5.75 Å². The van der Waals surface area contributed by atoms with Crippen LogP contribution in [0.2, 0.25) is 0 Å². The Morgan fingerprint density at radius 3 is 2.67 bits per heavy atom. The Bertz CT molecular complexity index is 670. The zero-order valence-corrected chi connectivity index (χ0v) is 11.5. The van der Waals surface area contributed by atoms with Crippen molar-refractivity contribution in [3.05, 3.63) is 34.8 Å². The average Bonchev–Trinajstić information content (AvgIpc) is 2.82. The molecule has 0 aliphatic carbocycles. The number of hydrogen-bond donors (Lipinski definition) is 3. The lowest BCUT2D eigenvalue weighted by Crippen LogP contribution is -2.20. The molecule has 5 nitrogen and oxygen atoms in total. The van der Waals surface area contributed by atoms with Crippen LogP contribution < -0.4 is 10.6 Å². The van der Waals surface area contributed by atoms with Crippen molar-refractivity contribution in [2.75, 3.05) is 10.6 Å². The van der Waals surface area contributed by atoms with E-state index in [2.05, 4.69) is 15.6 Å². The van der Waals surface area contributed by atoms with E-state index in [9.17, 15) is 23.1 Å². The van der Waals surface area contributed by atoms with Crippen molar-refractivity contribution in [2.45, 2.75) is 13.1 Å². The van der Waals surface area contributed by atoms with Gasteiger partial charge in [0.2, 0.25) is 0 Å². The molecule has 0 spiro atoms. The van der Waals surface area contributed by atoms with Crippen LogP contribution in [0.1, 0.15) is 11.3 Å². The number of urea groups is 1. The molecule has 21 heavy (non-hydrogen) atoms. The number of rotatable bonds is 2. The number of benzene rings is 1. The highest BCUT2D eigenvalue weighted by molar-refractivity contribution is 7.13. The number of phenolic OH excluding ortho intramolecular Hbond substituents is 1. The van der Waals surface area contributed by atoms with E-state index in [1.54, 1.807) is 13.0 Å². The van der Waals surface area contributed by atoms with Crippen molar-refractivity contribution in [3.8, 4) is 5.75 Å². The van der Waals surface area contributed by atoms with Crippen LogP contribution in [-0.2, 0) is 6.18 Å². The summed E-state index contributed by atoms with van der Waals surface area (Å²) in [5.74, 6) is -0.0375. The molecule has 1 aromatic heterocycles. The number of carbonyl (C=O) groups excluding carboxylic acids is 1.